The maximum atomic E-state index is 9.15. The van der Waals surface area contributed by atoms with E-state index in [1.54, 1.807) is 6.07 Å². The van der Waals surface area contributed by atoms with Crippen LogP contribution < -0.4 is 4.90 Å². The van der Waals surface area contributed by atoms with E-state index in [-0.39, 0.29) is 6.61 Å². The first-order chi connectivity index (χ1) is 8.70. The van der Waals surface area contributed by atoms with Crippen molar-refractivity contribution in [1.29, 1.82) is 0 Å². The Balaban J connectivity index is 2.16. The van der Waals surface area contributed by atoms with E-state index in [1.165, 1.54) is 5.56 Å². The van der Waals surface area contributed by atoms with Crippen molar-refractivity contribution >= 4 is 17.4 Å². The molecule has 1 aromatic carbocycles. The number of anilines is 1. The lowest BCUT2D eigenvalue weighted by Crippen LogP contribution is -2.18. The van der Waals surface area contributed by atoms with Gasteiger partial charge in [0.2, 0.25) is 0 Å². The van der Waals surface area contributed by atoms with E-state index in [0.717, 1.165) is 12.4 Å². The van der Waals surface area contributed by atoms with Gasteiger partial charge in [-0.3, -0.25) is 0 Å². The zero-order chi connectivity index (χ0) is 13.0. The second kappa shape index (κ2) is 5.85. The summed E-state index contributed by atoms with van der Waals surface area (Å²) in [4.78, 5) is 6.35. The molecule has 0 unspecified atom stereocenters. The van der Waals surface area contributed by atoms with E-state index in [9.17, 15) is 0 Å². The molecule has 3 nitrogen and oxygen atoms in total. The Hall–Kier alpha value is -1.58. The molecule has 94 valence electrons. The number of halogens is 1. The lowest BCUT2D eigenvalue weighted by molar-refractivity contribution is 0.277. The second-order valence-electron chi connectivity index (χ2n) is 4.10. The molecule has 2 rings (SSSR count). The molecular weight excluding hydrogens is 248 g/mol. The normalized spacial score (nSPS) is 10.4. The van der Waals surface area contributed by atoms with Gasteiger partial charge >= 0.3 is 0 Å². The molecule has 0 aliphatic carbocycles. The number of nitrogens with zero attached hydrogens (tertiary/aromatic N) is 2. The van der Waals surface area contributed by atoms with Crippen LogP contribution in [0.25, 0.3) is 0 Å². The molecule has 0 fully saturated rings. The molecule has 4 heteroatoms. The van der Waals surface area contributed by atoms with Crippen LogP contribution >= 0.6 is 11.6 Å². The van der Waals surface area contributed by atoms with Gasteiger partial charge in [-0.15, -0.1) is 0 Å². The highest BCUT2D eigenvalue weighted by Crippen LogP contribution is 2.19. The zero-order valence-corrected chi connectivity index (χ0v) is 10.9. The Labute approximate surface area is 112 Å². The monoisotopic (exact) mass is 262 g/mol. The highest BCUT2D eigenvalue weighted by Gasteiger charge is 2.07. The predicted molar refractivity (Wildman–Crippen MR) is 73.7 cm³/mol. The molecule has 0 aliphatic rings. The number of aliphatic hydroxyl groups is 1. The number of pyridine rings is 1. The molecule has 0 aliphatic heterocycles. The number of aromatic nitrogens is 1. The fraction of sp³-hybridized carbons (Fsp3) is 0.214. The summed E-state index contributed by atoms with van der Waals surface area (Å²) in [5.74, 6) is 0.798. The second-order valence-corrected chi connectivity index (χ2v) is 4.50. The Morgan fingerprint density at radius 3 is 2.56 bits per heavy atom. The van der Waals surface area contributed by atoms with Gasteiger partial charge in [-0.1, -0.05) is 41.9 Å². The number of aliphatic hydroxyl groups excluding tert-OH is 1. The van der Waals surface area contributed by atoms with Crippen LogP contribution in [-0.4, -0.2) is 17.1 Å². The van der Waals surface area contributed by atoms with Crippen LogP contribution in [0.4, 0.5) is 5.82 Å². The summed E-state index contributed by atoms with van der Waals surface area (Å²) in [5, 5.41) is 9.64. The van der Waals surface area contributed by atoms with Crippen molar-refractivity contribution in [2.24, 2.45) is 0 Å². The molecule has 0 radical (unpaired) electrons. The van der Waals surface area contributed by atoms with E-state index < -0.39 is 0 Å². The lowest BCUT2D eigenvalue weighted by atomic mass is 10.2. The Bertz CT molecular complexity index is 516. The first-order valence-electron chi connectivity index (χ1n) is 5.72. The summed E-state index contributed by atoms with van der Waals surface area (Å²) in [5.41, 5.74) is 1.72. The van der Waals surface area contributed by atoms with Gasteiger partial charge in [0.25, 0.3) is 0 Å². The molecule has 0 atom stereocenters. The number of hydrogen-bond donors (Lipinski definition) is 1. The standard InChI is InChI=1S/C14H15ClN2O/c1-17(9-11-5-3-2-4-6-11)14-8-7-12(15)13(10-18)16-14/h2-8,18H,9-10H2,1H3. The largest absolute Gasteiger partial charge is 0.390 e. The first-order valence-corrected chi connectivity index (χ1v) is 6.10. The number of rotatable bonds is 4. The van der Waals surface area contributed by atoms with Crippen molar-refractivity contribution in [2.45, 2.75) is 13.2 Å². The topological polar surface area (TPSA) is 36.4 Å². The fourth-order valence-electron chi connectivity index (χ4n) is 1.73. The van der Waals surface area contributed by atoms with Gasteiger partial charge in [-0.2, -0.15) is 0 Å². The van der Waals surface area contributed by atoms with E-state index >= 15 is 0 Å². The molecule has 2 aromatic rings. The average Bonchev–Trinajstić information content (AvgIpc) is 2.40. The highest BCUT2D eigenvalue weighted by molar-refractivity contribution is 6.31. The van der Waals surface area contributed by atoms with Crippen molar-refractivity contribution in [2.75, 3.05) is 11.9 Å². The minimum absolute atomic E-state index is 0.147. The van der Waals surface area contributed by atoms with Crippen LogP contribution in [0.5, 0.6) is 0 Å². The van der Waals surface area contributed by atoms with Gasteiger partial charge in [0, 0.05) is 13.6 Å². The predicted octanol–water partition coefficient (Wildman–Crippen LogP) is 2.86. The van der Waals surface area contributed by atoms with Gasteiger partial charge < -0.3 is 10.0 Å². The molecule has 0 saturated carbocycles. The van der Waals surface area contributed by atoms with Crippen molar-refractivity contribution < 1.29 is 5.11 Å². The maximum Gasteiger partial charge on any atom is 0.129 e. The van der Waals surface area contributed by atoms with Crippen LogP contribution in [-0.2, 0) is 13.2 Å². The van der Waals surface area contributed by atoms with Crippen LogP contribution in [0.15, 0.2) is 42.5 Å². The summed E-state index contributed by atoms with van der Waals surface area (Å²) in [6, 6.07) is 13.8. The molecule has 18 heavy (non-hydrogen) atoms. The number of benzene rings is 1. The van der Waals surface area contributed by atoms with Crippen LogP contribution in [0.2, 0.25) is 5.02 Å². The highest BCUT2D eigenvalue weighted by atomic mass is 35.5. The third kappa shape index (κ3) is 3.00. The Kier molecular flexibility index (Phi) is 4.18. The fourth-order valence-corrected chi connectivity index (χ4v) is 1.90. The van der Waals surface area contributed by atoms with E-state index in [4.69, 9.17) is 16.7 Å². The van der Waals surface area contributed by atoms with Crippen molar-refractivity contribution in [3.63, 3.8) is 0 Å². The minimum Gasteiger partial charge on any atom is -0.390 e. The molecule has 1 aromatic heterocycles. The summed E-state index contributed by atoms with van der Waals surface area (Å²) in [6.07, 6.45) is 0. The molecule has 1 heterocycles. The van der Waals surface area contributed by atoms with E-state index in [2.05, 4.69) is 17.1 Å². The van der Waals surface area contributed by atoms with E-state index in [1.807, 2.05) is 36.2 Å². The third-order valence-corrected chi connectivity index (χ3v) is 3.05. The maximum absolute atomic E-state index is 9.15. The third-order valence-electron chi connectivity index (χ3n) is 2.71. The summed E-state index contributed by atoms with van der Waals surface area (Å²) >= 11 is 5.92. The lowest BCUT2D eigenvalue weighted by Gasteiger charge is -2.19. The van der Waals surface area contributed by atoms with Gasteiger partial charge in [0.15, 0.2) is 0 Å². The van der Waals surface area contributed by atoms with Crippen LogP contribution in [0.1, 0.15) is 11.3 Å². The molecular formula is C14H15ClN2O. The van der Waals surface area contributed by atoms with Gasteiger partial charge in [-0.05, 0) is 17.7 Å². The Morgan fingerprint density at radius 2 is 1.89 bits per heavy atom. The van der Waals surface area contributed by atoms with Gasteiger partial charge in [0.1, 0.15) is 5.82 Å². The quantitative estimate of drug-likeness (QED) is 0.921. The summed E-state index contributed by atoms with van der Waals surface area (Å²) < 4.78 is 0. The molecule has 0 amide bonds. The number of hydrogen-bond acceptors (Lipinski definition) is 3. The minimum atomic E-state index is -0.147. The van der Waals surface area contributed by atoms with Crippen molar-refractivity contribution in [3.8, 4) is 0 Å². The summed E-state index contributed by atoms with van der Waals surface area (Å²) in [7, 11) is 1.96. The SMILES string of the molecule is CN(Cc1ccccc1)c1ccc(Cl)c(CO)n1. The first kappa shape index (κ1) is 12.9. The molecule has 0 saturated heterocycles. The molecule has 0 spiro atoms. The Morgan fingerprint density at radius 1 is 1.17 bits per heavy atom. The van der Waals surface area contributed by atoms with Crippen molar-refractivity contribution in [3.05, 3.63) is 58.7 Å². The summed E-state index contributed by atoms with van der Waals surface area (Å²) in [6.45, 7) is 0.617. The van der Waals surface area contributed by atoms with E-state index in [0.29, 0.717) is 10.7 Å². The van der Waals surface area contributed by atoms with Crippen LogP contribution in [0.3, 0.4) is 0 Å². The smallest absolute Gasteiger partial charge is 0.129 e. The average molecular weight is 263 g/mol. The molecule has 0 bridgehead atoms. The van der Waals surface area contributed by atoms with Gasteiger partial charge in [-0.25, -0.2) is 4.98 Å². The van der Waals surface area contributed by atoms with Gasteiger partial charge in [0.05, 0.1) is 17.3 Å². The van der Waals surface area contributed by atoms with Crippen LogP contribution in [0, 0.1) is 0 Å². The zero-order valence-electron chi connectivity index (χ0n) is 10.2. The van der Waals surface area contributed by atoms with Crippen molar-refractivity contribution in [1.82, 2.24) is 4.98 Å². The molecule has 1 N–H and O–H groups in total.